The molecule has 0 radical (unpaired) electrons. The summed E-state index contributed by atoms with van der Waals surface area (Å²) in [7, 11) is 0. The molecule has 0 saturated heterocycles. The van der Waals surface area contributed by atoms with Crippen molar-refractivity contribution in [3.8, 4) is 0 Å². The van der Waals surface area contributed by atoms with E-state index in [0.29, 0.717) is 0 Å². The Hall–Kier alpha value is 0.110. The topological polar surface area (TPSA) is 12.0 Å². The van der Waals surface area contributed by atoms with Crippen molar-refractivity contribution >= 4 is 35.0 Å². The molecule has 0 bridgehead atoms. The maximum atomic E-state index is 6.04. The van der Waals surface area contributed by atoms with E-state index in [1.807, 2.05) is 18.2 Å². The molecule has 0 unspecified atom stereocenters. The van der Waals surface area contributed by atoms with E-state index in [0.717, 1.165) is 40.2 Å². The van der Waals surface area contributed by atoms with Crippen LogP contribution in [0.25, 0.3) is 0 Å². The molecule has 15 heavy (non-hydrogen) atoms. The van der Waals surface area contributed by atoms with Crippen LogP contribution in [-0.2, 0) is 0 Å². The summed E-state index contributed by atoms with van der Waals surface area (Å²) in [5, 5.41) is 4.82. The highest BCUT2D eigenvalue weighted by atomic mass is 35.5. The fourth-order valence-electron chi connectivity index (χ4n) is 1.14. The molecule has 0 heterocycles. The van der Waals surface area contributed by atoms with Gasteiger partial charge in [-0.05, 0) is 43.5 Å². The van der Waals surface area contributed by atoms with Gasteiger partial charge in [0.1, 0.15) is 0 Å². The average Bonchev–Trinajstić information content (AvgIpc) is 2.23. The zero-order chi connectivity index (χ0) is 11.1. The summed E-state index contributed by atoms with van der Waals surface area (Å²) >= 11 is 13.7. The van der Waals surface area contributed by atoms with Gasteiger partial charge >= 0.3 is 0 Å². The third-order valence-electron chi connectivity index (χ3n) is 1.90. The first kappa shape index (κ1) is 13.2. The second kappa shape index (κ2) is 7.39. The molecule has 0 fully saturated rings. The molecule has 84 valence electrons. The first-order chi connectivity index (χ1) is 7.24. The van der Waals surface area contributed by atoms with Gasteiger partial charge in [0.05, 0.1) is 5.02 Å². The second-order valence-corrected chi connectivity index (χ2v) is 5.11. The smallest absolute Gasteiger partial charge is 0.0542 e. The molecule has 1 aromatic carbocycles. The lowest BCUT2D eigenvalue weighted by Crippen LogP contribution is -2.14. The molecule has 0 amide bonds. The highest BCUT2D eigenvalue weighted by Crippen LogP contribution is 2.29. The highest BCUT2D eigenvalue weighted by Gasteiger charge is 2.01. The van der Waals surface area contributed by atoms with E-state index in [1.54, 1.807) is 11.8 Å². The van der Waals surface area contributed by atoms with E-state index in [2.05, 4.69) is 12.2 Å². The van der Waals surface area contributed by atoms with Gasteiger partial charge in [-0.15, -0.1) is 11.8 Å². The van der Waals surface area contributed by atoms with Crippen LogP contribution in [0.4, 0.5) is 0 Å². The summed E-state index contributed by atoms with van der Waals surface area (Å²) in [6.07, 6.45) is 1.14. The van der Waals surface area contributed by atoms with Gasteiger partial charge in [0.2, 0.25) is 0 Å². The Morgan fingerprint density at radius 1 is 1.33 bits per heavy atom. The van der Waals surface area contributed by atoms with Crippen LogP contribution in [0.2, 0.25) is 10.0 Å². The number of nitrogens with one attached hydrogen (secondary N) is 1. The molecule has 1 N–H and O–H groups in total. The van der Waals surface area contributed by atoms with Crippen molar-refractivity contribution in [2.75, 3.05) is 18.8 Å². The van der Waals surface area contributed by atoms with E-state index in [9.17, 15) is 0 Å². The Kier molecular flexibility index (Phi) is 6.50. The molecular weight excluding hydrogens is 249 g/mol. The number of rotatable bonds is 6. The predicted molar refractivity (Wildman–Crippen MR) is 70.3 cm³/mol. The normalized spacial score (nSPS) is 10.6. The van der Waals surface area contributed by atoms with Crippen molar-refractivity contribution < 1.29 is 0 Å². The Morgan fingerprint density at radius 2 is 2.13 bits per heavy atom. The molecule has 0 atom stereocenters. The van der Waals surface area contributed by atoms with E-state index in [-0.39, 0.29) is 0 Å². The van der Waals surface area contributed by atoms with Crippen LogP contribution in [0, 0.1) is 0 Å². The number of halogens is 2. The van der Waals surface area contributed by atoms with Gasteiger partial charge in [-0.2, -0.15) is 0 Å². The summed E-state index contributed by atoms with van der Waals surface area (Å²) in [5.41, 5.74) is 0. The first-order valence-corrected chi connectivity index (χ1v) is 6.76. The zero-order valence-electron chi connectivity index (χ0n) is 8.72. The minimum Gasteiger partial charge on any atom is -0.317 e. The second-order valence-electron chi connectivity index (χ2n) is 3.13. The lowest BCUT2D eigenvalue weighted by Gasteiger charge is -2.05. The van der Waals surface area contributed by atoms with Crippen LogP contribution >= 0.6 is 35.0 Å². The van der Waals surface area contributed by atoms with Crippen molar-refractivity contribution in [3.63, 3.8) is 0 Å². The molecule has 0 aliphatic rings. The quantitative estimate of drug-likeness (QED) is 0.613. The lowest BCUT2D eigenvalue weighted by atomic mass is 10.4. The predicted octanol–water partition coefficient (Wildman–Crippen LogP) is 4.09. The van der Waals surface area contributed by atoms with Crippen LogP contribution in [0.1, 0.15) is 13.3 Å². The number of hydrogen-bond donors (Lipinski definition) is 1. The van der Waals surface area contributed by atoms with Gasteiger partial charge in [-0.25, -0.2) is 0 Å². The molecule has 1 rings (SSSR count). The zero-order valence-corrected chi connectivity index (χ0v) is 11.1. The van der Waals surface area contributed by atoms with Crippen molar-refractivity contribution in [1.29, 1.82) is 0 Å². The van der Waals surface area contributed by atoms with Gasteiger partial charge in [0, 0.05) is 9.92 Å². The monoisotopic (exact) mass is 263 g/mol. The standard InChI is InChI=1S/C11H15Cl2NS/c1-2-14-6-3-7-15-11-8-9(12)4-5-10(11)13/h4-5,8,14H,2-3,6-7H2,1H3. The number of hydrogen-bond acceptors (Lipinski definition) is 2. The molecular formula is C11H15Cl2NS. The van der Waals surface area contributed by atoms with Crippen LogP contribution in [0.15, 0.2) is 23.1 Å². The lowest BCUT2D eigenvalue weighted by molar-refractivity contribution is 0.707. The minimum absolute atomic E-state index is 0.744. The number of benzene rings is 1. The number of thioether (sulfide) groups is 1. The van der Waals surface area contributed by atoms with Gasteiger partial charge in [-0.1, -0.05) is 30.1 Å². The van der Waals surface area contributed by atoms with Crippen LogP contribution < -0.4 is 5.32 Å². The van der Waals surface area contributed by atoms with Gasteiger partial charge < -0.3 is 5.32 Å². The maximum Gasteiger partial charge on any atom is 0.0542 e. The third kappa shape index (κ3) is 5.12. The molecule has 0 aliphatic heterocycles. The summed E-state index contributed by atoms with van der Waals surface area (Å²) in [6.45, 7) is 4.20. The fraction of sp³-hybridized carbons (Fsp3) is 0.455. The van der Waals surface area contributed by atoms with Crippen molar-refractivity contribution in [3.05, 3.63) is 28.2 Å². The van der Waals surface area contributed by atoms with Gasteiger partial charge in [0.15, 0.2) is 0 Å². The van der Waals surface area contributed by atoms with E-state index < -0.39 is 0 Å². The summed E-state index contributed by atoms with van der Waals surface area (Å²) < 4.78 is 0. The molecule has 0 aromatic heterocycles. The molecule has 4 heteroatoms. The Balaban J connectivity index is 2.33. The minimum atomic E-state index is 0.744. The van der Waals surface area contributed by atoms with E-state index in [4.69, 9.17) is 23.2 Å². The Bertz CT molecular complexity index is 305. The van der Waals surface area contributed by atoms with Crippen LogP contribution in [-0.4, -0.2) is 18.8 Å². The van der Waals surface area contributed by atoms with E-state index >= 15 is 0 Å². The summed E-state index contributed by atoms with van der Waals surface area (Å²) in [4.78, 5) is 1.07. The maximum absolute atomic E-state index is 6.04. The average molecular weight is 264 g/mol. The van der Waals surface area contributed by atoms with Crippen molar-refractivity contribution in [2.24, 2.45) is 0 Å². The Labute approximate surface area is 106 Å². The van der Waals surface area contributed by atoms with Gasteiger partial charge in [-0.3, -0.25) is 0 Å². The molecule has 1 nitrogen and oxygen atoms in total. The third-order valence-corrected chi connectivity index (χ3v) is 3.72. The fourth-order valence-corrected chi connectivity index (χ4v) is 2.59. The van der Waals surface area contributed by atoms with Crippen LogP contribution in [0.3, 0.4) is 0 Å². The van der Waals surface area contributed by atoms with Crippen molar-refractivity contribution in [1.82, 2.24) is 5.32 Å². The molecule has 1 aromatic rings. The van der Waals surface area contributed by atoms with Crippen molar-refractivity contribution in [2.45, 2.75) is 18.2 Å². The molecule has 0 spiro atoms. The largest absolute Gasteiger partial charge is 0.317 e. The molecule has 0 saturated carbocycles. The van der Waals surface area contributed by atoms with E-state index in [1.165, 1.54) is 0 Å². The first-order valence-electron chi connectivity index (χ1n) is 5.02. The Morgan fingerprint density at radius 3 is 2.87 bits per heavy atom. The SMILES string of the molecule is CCNCCCSc1cc(Cl)ccc1Cl. The molecule has 0 aliphatic carbocycles. The summed E-state index contributed by atoms with van der Waals surface area (Å²) in [6, 6.07) is 5.57. The summed E-state index contributed by atoms with van der Waals surface area (Å²) in [5.74, 6) is 1.06. The van der Waals surface area contributed by atoms with Crippen LogP contribution in [0.5, 0.6) is 0 Å². The highest BCUT2D eigenvalue weighted by molar-refractivity contribution is 7.99. The van der Waals surface area contributed by atoms with Gasteiger partial charge in [0.25, 0.3) is 0 Å².